The minimum absolute atomic E-state index is 0.0457. The predicted molar refractivity (Wildman–Crippen MR) is 128 cm³/mol. The van der Waals surface area contributed by atoms with Crippen LogP contribution < -0.4 is 5.32 Å². The molecule has 1 unspecified atom stereocenters. The molecule has 4 rings (SSSR count). The van der Waals surface area contributed by atoms with Gasteiger partial charge >= 0.3 is 12.1 Å². The van der Waals surface area contributed by atoms with E-state index in [9.17, 15) is 14.4 Å². The summed E-state index contributed by atoms with van der Waals surface area (Å²) in [6.07, 6.45) is 0.598. The van der Waals surface area contributed by atoms with Gasteiger partial charge in [0, 0.05) is 25.4 Å². The van der Waals surface area contributed by atoms with Crippen LogP contribution >= 0.6 is 0 Å². The molecule has 180 valence electrons. The third kappa shape index (κ3) is 5.24. The maximum absolute atomic E-state index is 13.1. The number of ether oxygens (including phenoxy) is 1. The number of hydrogen-bond acceptors (Lipinski definition) is 4. The third-order valence-electron chi connectivity index (χ3n) is 6.70. The van der Waals surface area contributed by atoms with E-state index in [2.05, 4.69) is 29.6 Å². The zero-order chi connectivity index (χ0) is 24.2. The number of benzene rings is 2. The van der Waals surface area contributed by atoms with Crippen molar-refractivity contribution in [2.45, 2.75) is 45.1 Å². The highest BCUT2D eigenvalue weighted by atomic mass is 16.5. The zero-order valence-electron chi connectivity index (χ0n) is 19.7. The number of nitrogens with zero attached hydrogens (tertiary/aromatic N) is 1. The number of amides is 2. The second-order valence-electron chi connectivity index (χ2n) is 9.69. The van der Waals surface area contributed by atoms with Crippen LogP contribution in [0.5, 0.6) is 0 Å². The molecule has 2 atom stereocenters. The van der Waals surface area contributed by atoms with Crippen molar-refractivity contribution in [3.05, 3.63) is 59.7 Å². The molecule has 0 saturated carbocycles. The highest BCUT2D eigenvalue weighted by Crippen LogP contribution is 2.44. The molecular formula is C27H32N2O5. The van der Waals surface area contributed by atoms with E-state index in [-0.39, 0.29) is 36.7 Å². The molecule has 7 heteroatoms. The molecule has 1 fully saturated rings. The topological polar surface area (TPSA) is 95.9 Å². The lowest BCUT2D eigenvalue weighted by molar-refractivity contribution is -0.138. The van der Waals surface area contributed by atoms with E-state index in [1.807, 2.05) is 38.1 Å². The molecule has 2 aliphatic rings. The van der Waals surface area contributed by atoms with E-state index < -0.39 is 18.1 Å². The standard InChI is InChI=1S/C27H32N2O5/c1-17(2)13-24(26(32)29-12-11-18(15-29)14-25(30)31)28-27(33)34-16-23-21-9-5-3-7-19(21)20-8-4-6-10-22(20)23/h3-10,17-18,23-24H,11-16H2,1-2H3,(H,28,33)(H,30,31)/t18?,24-/m0/s1. The molecule has 0 radical (unpaired) electrons. The van der Waals surface area contributed by atoms with Crippen LogP contribution in [0.3, 0.4) is 0 Å². The summed E-state index contributed by atoms with van der Waals surface area (Å²) >= 11 is 0. The Bertz CT molecular complexity index is 1020. The minimum atomic E-state index is -0.852. The molecule has 2 N–H and O–H groups in total. The zero-order valence-corrected chi connectivity index (χ0v) is 19.7. The van der Waals surface area contributed by atoms with Gasteiger partial charge in [0.05, 0.1) is 0 Å². The minimum Gasteiger partial charge on any atom is -0.481 e. The number of rotatable bonds is 8. The van der Waals surface area contributed by atoms with Crippen molar-refractivity contribution in [1.82, 2.24) is 10.2 Å². The van der Waals surface area contributed by atoms with Crippen molar-refractivity contribution in [1.29, 1.82) is 0 Å². The third-order valence-corrected chi connectivity index (χ3v) is 6.70. The van der Waals surface area contributed by atoms with Crippen LogP contribution in [0.2, 0.25) is 0 Å². The van der Waals surface area contributed by atoms with Crippen LogP contribution in [-0.2, 0) is 14.3 Å². The number of alkyl carbamates (subject to hydrolysis) is 1. The average molecular weight is 465 g/mol. The van der Waals surface area contributed by atoms with Crippen LogP contribution in [-0.4, -0.2) is 53.7 Å². The van der Waals surface area contributed by atoms with Gasteiger partial charge in [-0.05, 0) is 46.9 Å². The molecule has 34 heavy (non-hydrogen) atoms. The summed E-state index contributed by atoms with van der Waals surface area (Å²) in [6.45, 7) is 5.10. The molecule has 0 bridgehead atoms. The molecule has 0 spiro atoms. The van der Waals surface area contributed by atoms with E-state index >= 15 is 0 Å². The first-order valence-electron chi connectivity index (χ1n) is 12.0. The van der Waals surface area contributed by atoms with Crippen LogP contribution in [0.1, 0.15) is 50.2 Å². The van der Waals surface area contributed by atoms with Gasteiger partial charge in [-0.25, -0.2) is 4.79 Å². The first-order valence-corrected chi connectivity index (χ1v) is 12.0. The highest BCUT2D eigenvalue weighted by Gasteiger charge is 2.34. The number of carboxylic acid groups (broad SMARTS) is 1. The van der Waals surface area contributed by atoms with Crippen LogP contribution in [0.4, 0.5) is 4.79 Å². The second kappa shape index (κ2) is 10.3. The van der Waals surface area contributed by atoms with Gasteiger partial charge < -0.3 is 20.1 Å². The summed E-state index contributed by atoms with van der Waals surface area (Å²) in [5.41, 5.74) is 4.58. The number of hydrogen-bond donors (Lipinski definition) is 2. The second-order valence-corrected chi connectivity index (χ2v) is 9.69. The summed E-state index contributed by atoms with van der Waals surface area (Å²) in [5.74, 6) is -0.923. The lowest BCUT2D eigenvalue weighted by atomic mass is 9.98. The van der Waals surface area contributed by atoms with Crippen molar-refractivity contribution < 1.29 is 24.2 Å². The van der Waals surface area contributed by atoms with Gasteiger partial charge in [-0.2, -0.15) is 0 Å². The molecule has 0 aromatic heterocycles. The van der Waals surface area contributed by atoms with E-state index in [0.29, 0.717) is 25.9 Å². The first kappa shape index (κ1) is 23.8. The summed E-state index contributed by atoms with van der Waals surface area (Å²) in [6, 6.07) is 15.6. The Morgan fingerprint density at radius 1 is 1.06 bits per heavy atom. The molecule has 2 aromatic carbocycles. The van der Waals surface area contributed by atoms with Crippen LogP contribution in [0.15, 0.2) is 48.5 Å². The van der Waals surface area contributed by atoms with Gasteiger partial charge in [0.25, 0.3) is 0 Å². The maximum atomic E-state index is 13.1. The van der Waals surface area contributed by atoms with Crippen LogP contribution in [0, 0.1) is 11.8 Å². The Kier molecular flexibility index (Phi) is 7.20. The van der Waals surface area contributed by atoms with Gasteiger partial charge in [0.1, 0.15) is 12.6 Å². The molecule has 2 aromatic rings. The Morgan fingerprint density at radius 2 is 1.68 bits per heavy atom. The van der Waals surface area contributed by atoms with E-state index in [1.54, 1.807) is 4.90 Å². The van der Waals surface area contributed by atoms with Crippen molar-refractivity contribution in [3.63, 3.8) is 0 Å². The lowest BCUT2D eigenvalue weighted by Crippen LogP contribution is -2.48. The number of nitrogens with one attached hydrogen (secondary N) is 1. The largest absolute Gasteiger partial charge is 0.481 e. The Balaban J connectivity index is 1.39. The summed E-state index contributed by atoms with van der Waals surface area (Å²) in [4.78, 5) is 38.6. The van der Waals surface area contributed by atoms with Crippen molar-refractivity contribution >= 4 is 18.0 Å². The fourth-order valence-electron chi connectivity index (χ4n) is 5.14. The fourth-order valence-corrected chi connectivity index (χ4v) is 5.14. The van der Waals surface area contributed by atoms with Gasteiger partial charge in [-0.15, -0.1) is 0 Å². The van der Waals surface area contributed by atoms with Gasteiger partial charge in [-0.3, -0.25) is 9.59 Å². The molecule has 1 heterocycles. The number of fused-ring (bicyclic) bond motifs is 3. The molecular weight excluding hydrogens is 432 g/mol. The number of likely N-dealkylation sites (tertiary alicyclic amines) is 1. The van der Waals surface area contributed by atoms with Gasteiger partial charge in [0.15, 0.2) is 0 Å². The number of carboxylic acids is 1. The average Bonchev–Trinajstić information content (AvgIpc) is 3.38. The molecule has 7 nitrogen and oxygen atoms in total. The number of carbonyl (C=O) groups excluding carboxylic acids is 2. The van der Waals surface area contributed by atoms with Crippen molar-refractivity contribution in [2.24, 2.45) is 11.8 Å². The fraction of sp³-hybridized carbons (Fsp3) is 0.444. The highest BCUT2D eigenvalue weighted by molar-refractivity contribution is 5.86. The van der Waals surface area contributed by atoms with Crippen molar-refractivity contribution in [2.75, 3.05) is 19.7 Å². The normalized spacial score (nSPS) is 17.9. The van der Waals surface area contributed by atoms with Crippen LogP contribution in [0.25, 0.3) is 11.1 Å². The van der Waals surface area contributed by atoms with E-state index in [4.69, 9.17) is 9.84 Å². The quantitative estimate of drug-likeness (QED) is 0.609. The molecule has 1 saturated heterocycles. The SMILES string of the molecule is CC(C)C[C@H](NC(=O)OCC1c2ccccc2-c2ccccc21)C(=O)N1CCC(CC(=O)O)C1. The predicted octanol–water partition coefficient (Wildman–Crippen LogP) is 4.26. The number of carbonyl (C=O) groups is 3. The van der Waals surface area contributed by atoms with Gasteiger partial charge in [-0.1, -0.05) is 62.4 Å². The summed E-state index contributed by atoms with van der Waals surface area (Å²) < 4.78 is 5.64. The monoisotopic (exact) mass is 464 g/mol. The number of aliphatic carboxylic acids is 1. The summed E-state index contributed by atoms with van der Waals surface area (Å²) in [5, 5.41) is 11.8. The summed E-state index contributed by atoms with van der Waals surface area (Å²) in [7, 11) is 0. The molecule has 1 aliphatic carbocycles. The molecule has 1 aliphatic heterocycles. The van der Waals surface area contributed by atoms with Crippen molar-refractivity contribution in [3.8, 4) is 11.1 Å². The van der Waals surface area contributed by atoms with E-state index in [1.165, 1.54) is 0 Å². The maximum Gasteiger partial charge on any atom is 0.407 e. The van der Waals surface area contributed by atoms with Gasteiger partial charge in [0.2, 0.25) is 5.91 Å². The van der Waals surface area contributed by atoms with E-state index in [0.717, 1.165) is 22.3 Å². The first-order chi connectivity index (χ1) is 16.3. The Labute approximate surface area is 200 Å². The Morgan fingerprint density at radius 3 is 2.26 bits per heavy atom. The smallest absolute Gasteiger partial charge is 0.407 e. The Hall–Kier alpha value is -3.35. The molecule has 2 amide bonds. The lowest BCUT2D eigenvalue weighted by Gasteiger charge is -2.25.